The Morgan fingerprint density at radius 3 is 2.96 bits per heavy atom. The highest BCUT2D eigenvalue weighted by Crippen LogP contribution is 2.32. The van der Waals surface area contributed by atoms with E-state index in [2.05, 4.69) is 49.5 Å². The summed E-state index contributed by atoms with van der Waals surface area (Å²) in [6.07, 6.45) is 4.62. The fraction of sp³-hybridized carbons (Fsp3) is 0.250. The van der Waals surface area contributed by atoms with Gasteiger partial charge in [-0.15, -0.1) is 0 Å². The predicted molar refractivity (Wildman–Crippen MR) is 107 cm³/mol. The molecule has 0 bridgehead atoms. The number of aryl methyl sites for hydroxylation is 1. The maximum atomic E-state index is 6.16. The highest BCUT2D eigenvalue weighted by Gasteiger charge is 2.24. The Morgan fingerprint density at radius 1 is 1.19 bits per heavy atom. The van der Waals surface area contributed by atoms with Gasteiger partial charge in [0.05, 0.1) is 7.11 Å². The lowest BCUT2D eigenvalue weighted by atomic mass is 9.91. The first-order valence-corrected chi connectivity index (χ1v) is 9.32. The number of benzene rings is 1. The Balaban J connectivity index is 1.51. The summed E-state index contributed by atoms with van der Waals surface area (Å²) in [7, 11) is 1.61. The molecule has 1 aromatic carbocycles. The molecule has 3 aromatic heterocycles. The third-order valence-electron chi connectivity index (χ3n) is 5.18. The molecule has 4 aromatic rings. The Bertz CT molecular complexity index is 1160. The highest BCUT2D eigenvalue weighted by molar-refractivity contribution is 6.28. The van der Waals surface area contributed by atoms with Crippen LogP contribution in [0.15, 0.2) is 36.5 Å². The van der Waals surface area contributed by atoms with Crippen molar-refractivity contribution in [1.82, 2.24) is 19.9 Å². The van der Waals surface area contributed by atoms with Crippen LogP contribution in [-0.4, -0.2) is 33.1 Å². The lowest BCUT2D eigenvalue weighted by Crippen LogP contribution is -2.27. The zero-order chi connectivity index (χ0) is 18.4. The number of hydrogen-bond acceptors (Lipinski definition) is 5. The minimum absolute atomic E-state index is 0.180. The van der Waals surface area contributed by atoms with E-state index >= 15 is 0 Å². The van der Waals surface area contributed by atoms with Crippen LogP contribution in [0.5, 0.6) is 5.75 Å². The van der Waals surface area contributed by atoms with Crippen LogP contribution in [0, 0.1) is 0 Å². The molecule has 0 aliphatic heterocycles. The van der Waals surface area contributed by atoms with Crippen LogP contribution in [-0.2, 0) is 12.8 Å². The van der Waals surface area contributed by atoms with Gasteiger partial charge >= 0.3 is 0 Å². The Morgan fingerprint density at radius 2 is 2.07 bits per heavy atom. The lowest BCUT2D eigenvalue weighted by Gasteiger charge is -2.24. The maximum absolute atomic E-state index is 6.16. The number of halogens is 1. The van der Waals surface area contributed by atoms with Crippen LogP contribution in [0.1, 0.15) is 17.7 Å². The van der Waals surface area contributed by atoms with Gasteiger partial charge in [0.25, 0.3) is 0 Å². The summed E-state index contributed by atoms with van der Waals surface area (Å²) >= 11 is 6.16. The topological polar surface area (TPSA) is 75.7 Å². The zero-order valence-electron chi connectivity index (χ0n) is 14.8. The Kier molecular flexibility index (Phi) is 3.86. The van der Waals surface area contributed by atoms with Crippen molar-refractivity contribution < 1.29 is 4.74 Å². The second kappa shape index (κ2) is 6.39. The number of pyridine rings is 1. The molecule has 6 nitrogen and oxygen atoms in total. The van der Waals surface area contributed by atoms with Gasteiger partial charge in [-0.3, -0.25) is 4.98 Å². The average molecular weight is 380 g/mol. The molecule has 0 saturated heterocycles. The largest absolute Gasteiger partial charge is 0.494 e. The van der Waals surface area contributed by atoms with Crippen molar-refractivity contribution >= 4 is 39.4 Å². The number of fused-ring (bicyclic) bond motifs is 4. The third-order valence-corrected chi connectivity index (χ3v) is 5.34. The number of aromatic nitrogens is 4. The predicted octanol–water partition coefficient (Wildman–Crippen LogP) is 4.14. The zero-order valence-corrected chi connectivity index (χ0v) is 15.5. The first-order chi connectivity index (χ1) is 13.2. The second-order valence-electron chi connectivity index (χ2n) is 6.76. The first kappa shape index (κ1) is 16.3. The van der Waals surface area contributed by atoms with E-state index in [-0.39, 0.29) is 11.3 Å². The monoisotopic (exact) mass is 379 g/mol. The third kappa shape index (κ3) is 2.77. The van der Waals surface area contributed by atoms with Gasteiger partial charge in [-0.05, 0) is 42.5 Å². The van der Waals surface area contributed by atoms with Crippen molar-refractivity contribution in [2.45, 2.75) is 25.3 Å². The average Bonchev–Trinajstić information content (AvgIpc) is 3.05. The van der Waals surface area contributed by atoms with Crippen LogP contribution in [0.3, 0.4) is 0 Å². The maximum Gasteiger partial charge on any atom is 0.225 e. The Labute approximate surface area is 161 Å². The molecular formula is C20H18ClN5O. The standard InChI is InChI=1S/C20H18ClN5O/c1-27-16-8-9-22-18-17(16)25-20(21)26-19(18)23-11-6-7-15-13(10-11)12-4-2-3-5-14(12)24-15/h2-5,8-9,11,24H,6-7,10H2,1H3,(H,23,25,26). The van der Waals surface area contributed by atoms with E-state index in [4.69, 9.17) is 16.3 Å². The van der Waals surface area contributed by atoms with Gasteiger partial charge in [-0.1, -0.05) is 18.2 Å². The van der Waals surface area contributed by atoms with Gasteiger partial charge < -0.3 is 15.0 Å². The molecule has 1 aliphatic rings. The molecule has 1 atom stereocenters. The van der Waals surface area contributed by atoms with E-state index in [1.807, 2.05) is 0 Å². The molecule has 136 valence electrons. The fourth-order valence-corrected chi connectivity index (χ4v) is 4.10. The quantitative estimate of drug-likeness (QED) is 0.523. The van der Waals surface area contributed by atoms with Gasteiger partial charge in [-0.25, -0.2) is 4.98 Å². The van der Waals surface area contributed by atoms with Crippen LogP contribution < -0.4 is 10.1 Å². The smallest absolute Gasteiger partial charge is 0.225 e. The molecular weight excluding hydrogens is 362 g/mol. The first-order valence-electron chi connectivity index (χ1n) is 8.94. The molecule has 0 amide bonds. The summed E-state index contributed by atoms with van der Waals surface area (Å²) in [5.41, 5.74) is 5.20. The van der Waals surface area contributed by atoms with E-state index in [1.165, 1.54) is 22.2 Å². The van der Waals surface area contributed by atoms with Crippen molar-refractivity contribution in [2.24, 2.45) is 0 Å². The summed E-state index contributed by atoms with van der Waals surface area (Å²) in [6, 6.07) is 10.5. The molecule has 7 heteroatoms. The van der Waals surface area contributed by atoms with Crippen LogP contribution in [0.25, 0.3) is 21.9 Å². The molecule has 0 saturated carbocycles. The van der Waals surface area contributed by atoms with Gasteiger partial charge in [0, 0.05) is 34.9 Å². The fourth-order valence-electron chi connectivity index (χ4n) is 3.93. The van der Waals surface area contributed by atoms with E-state index < -0.39 is 0 Å². The second-order valence-corrected chi connectivity index (χ2v) is 7.10. The van der Waals surface area contributed by atoms with Crippen LogP contribution in [0.2, 0.25) is 5.28 Å². The van der Waals surface area contributed by atoms with Crippen molar-refractivity contribution in [2.75, 3.05) is 12.4 Å². The minimum atomic E-state index is 0.180. The Hall–Kier alpha value is -2.86. The van der Waals surface area contributed by atoms with E-state index in [9.17, 15) is 0 Å². The minimum Gasteiger partial charge on any atom is -0.494 e. The highest BCUT2D eigenvalue weighted by atomic mass is 35.5. The molecule has 5 rings (SSSR count). The van der Waals surface area contributed by atoms with Gasteiger partial charge in [0.2, 0.25) is 5.28 Å². The summed E-state index contributed by atoms with van der Waals surface area (Å²) in [5, 5.41) is 5.02. The number of methoxy groups -OCH3 is 1. The SMILES string of the molecule is COc1ccnc2c(NC3CCc4[nH]c5ccccc5c4C3)nc(Cl)nc12. The van der Waals surface area contributed by atoms with Gasteiger partial charge in [0.15, 0.2) is 5.82 Å². The molecule has 0 fully saturated rings. The van der Waals surface area contributed by atoms with Gasteiger partial charge in [0.1, 0.15) is 16.8 Å². The van der Waals surface area contributed by atoms with E-state index in [0.717, 1.165) is 19.3 Å². The van der Waals surface area contributed by atoms with Crippen molar-refractivity contribution in [3.8, 4) is 5.75 Å². The molecule has 0 radical (unpaired) electrons. The number of aromatic amines is 1. The number of H-pyrrole nitrogens is 1. The lowest BCUT2D eigenvalue weighted by molar-refractivity contribution is 0.418. The number of rotatable bonds is 3. The van der Waals surface area contributed by atoms with Crippen molar-refractivity contribution in [3.05, 3.63) is 53.1 Å². The van der Waals surface area contributed by atoms with E-state index in [0.29, 0.717) is 22.6 Å². The van der Waals surface area contributed by atoms with Crippen LogP contribution in [0.4, 0.5) is 5.82 Å². The summed E-state index contributed by atoms with van der Waals surface area (Å²) < 4.78 is 5.39. The molecule has 1 aliphatic carbocycles. The van der Waals surface area contributed by atoms with Gasteiger partial charge in [-0.2, -0.15) is 4.98 Å². The number of para-hydroxylation sites is 1. The summed E-state index contributed by atoms with van der Waals surface area (Å²) in [4.78, 5) is 16.7. The molecule has 2 N–H and O–H groups in total. The van der Waals surface area contributed by atoms with E-state index in [1.54, 1.807) is 19.4 Å². The van der Waals surface area contributed by atoms with Crippen LogP contribution >= 0.6 is 11.6 Å². The van der Waals surface area contributed by atoms with Crippen molar-refractivity contribution in [3.63, 3.8) is 0 Å². The molecule has 27 heavy (non-hydrogen) atoms. The number of hydrogen-bond donors (Lipinski definition) is 2. The number of anilines is 1. The van der Waals surface area contributed by atoms with Crippen molar-refractivity contribution in [1.29, 1.82) is 0 Å². The normalized spacial score (nSPS) is 16.4. The molecule has 3 heterocycles. The molecule has 1 unspecified atom stereocenters. The number of nitrogens with zero attached hydrogens (tertiary/aromatic N) is 3. The summed E-state index contributed by atoms with van der Waals surface area (Å²) in [5.74, 6) is 1.28. The summed E-state index contributed by atoms with van der Waals surface area (Å²) in [6.45, 7) is 0. The molecule has 0 spiro atoms. The number of ether oxygens (including phenoxy) is 1. The number of nitrogens with one attached hydrogen (secondary N) is 2.